The average Bonchev–Trinajstić information content (AvgIpc) is 2.55. The number of halogens is 2. The van der Waals surface area contributed by atoms with Crippen molar-refractivity contribution in [2.24, 2.45) is 0 Å². The highest BCUT2D eigenvalue weighted by Crippen LogP contribution is 2.36. The van der Waals surface area contributed by atoms with Crippen LogP contribution in [0.2, 0.25) is 5.02 Å². The summed E-state index contributed by atoms with van der Waals surface area (Å²) in [6.45, 7) is -0.291. The highest BCUT2D eigenvalue weighted by Gasteiger charge is 2.16. The molecule has 0 aromatic heterocycles. The van der Waals surface area contributed by atoms with Gasteiger partial charge in [0.05, 0.1) is 23.8 Å². The highest BCUT2D eigenvalue weighted by molar-refractivity contribution is 9.10. The topological polar surface area (TPSA) is 68.5 Å². The Labute approximate surface area is 146 Å². The van der Waals surface area contributed by atoms with Crippen LogP contribution in [0, 0.1) is 11.3 Å². The second-order valence-corrected chi connectivity index (χ2v) is 5.64. The molecule has 0 spiro atoms. The Kier molecular flexibility index (Phi) is 5.85. The Hall–Kier alpha value is -2.23. The van der Waals surface area contributed by atoms with Gasteiger partial charge in [0.15, 0.2) is 18.1 Å². The zero-order valence-electron chi connectivity index (χ0n) is 12.0. The summed E-state index contributed by atoms with van der Waals surface area (Å²) >= 11 is 9.32. The standard InChI is InChI=1S/C16H11BrClNO4/c1-21-14-7-10(8-19)6-13(18)16(14)23-15(20)9-22-12-4-2-11(17)3-5-12/h2-7H,9H2,1H3. The molecule has 0 aliphatic rings. The molecule has 0 atom stereocenters. The van der Waals surface area contributed by atoms with Gasteiger partial charge in [0.1, 0.15) is 5.75 Å². The highest BCUT2D eigenvalue weighted by atomic mass is 79.9. The minimum atomic E-state index is -0.641. The first-order valence-corrected chi connectivity index (χ1v) is 7.57. The predicted octanol–water partition coefficient (Wildman–Crippen LogP) is 3.97. The Morgan fingerprint density at radius 2 is 2.00 bits per heavy atom. The van der Waals surface area contributed by atoms with E-state index in [1.165, 1.54) is 19.2 Å². The third-order valence-corrected chi connectivity index (χ3v) is 3.55. The van der Waals surface area contributed by atoms with E-state index in [0.717, 1.165) is 4.47 Å². The lowest BCUT2D eigenvalue weighted by molar-refractivity contribution is -0.136. The van der Waals surface area contributed by atoms with Crippen molar-refractivity contribution >= 4 is 33.5 Å². The molecule has 2 aromatic rings. The largest absolute Gasteiger partial charge is 0.493 e. The molecule has 0 saturated heterocycles. The Morgan fingerprint density at radius 3 is 2.61 bits per heavy atom. The van der Waals surface area contributed by atoms with E-state index in [2.05, 4.69) is 15.9 Å². The van der Waals surface area contributed by atoms with Crippen molar-refractivity contribution in [1.82, 2.24) is 0 Å². The third kappa shape index (κ3) is 4.62. The van der Waals surface area contributed by atoms with Gasteiger partial charge in [-0.3, -0.25) is 0 Å². The SMILES string of the molecule is COc1cc(C#N)cc(Cl)c1OC(=O)COc1ccc(Br)cc1. The van der Waals surface area contributed by atoms with Gasteiger partial charge in [-0.2, -0.15) is 5.26 Å². The van der Waals surface area contributed by atoms with E-state index in [9.17, 15) is 4.79 Å². The van der Waals surface area contributed by atoms with Crippen LogP contribution < -0.4 is 14.2 Å². The summed E-state index contributed by atoms with van der Waals surface area (Å²) in [4.78, 5) is 11.9. The summed E-state index contributed by atoms with van der Waals surface area (Å²) < 4.78 is 16.5. The van der Waals surface area contributed by atoms with Gasteiger partial charge in [0.2, 0.25) is 0 Å². The van der Waals surface area contributed by atoms with Gasteiger partial charge in [-0.1, -0.05) is 27.5 Å². The fraction of sp³-hybridized carbons (Fsp3) is 0.125. The summed E-state index contributed by atoms with van der Waals surface area (Å²) in [5, 5.41) is 9.00. The fourth-order valence-corrected chi connectivity index (χ4v) is 2.21. The zero-order valence-corrected chi connectivity index (χ0v) is 14.3. The van der Waals surface area contributed by atoms with Crippen molar-refractivity contribution < 1.29 is 19.0 Å². The number of rotatable bonds is 5. The molecular weight excluding hydrogens is 386 g/mol. The van der Waals surface area contributed by atoms with Crippen LogP contribution in [-0.2, 0) is 4.79 Å². The summed E-state index contributed by atoms with van der Waals surface area (Å²) in [5.74, 6) is 0.143. The van der Waals surface area contributed by atoms with E-state index in [-0.39, 0.29) is 23.1 Å². The van der Waals surface area contributed by atoms with Crippen molar-refractivity contribution in [3.8, 4) is 23.3 Å². The minimum absolute atomic E-state index is 0.0533. The van der Waals surface area contributed by atoms with Crippen LogP contribution in [0.15, 0.2) is 40.9 Å². The lowest BCUT2D eigenvalue weighted by atomic mass is 10.2. The molecule has 0 heterocycles. The molecule has 118 valence electrons. The van der Waals surface area contributed by atoms with Crippen molar-refractivity contribution in [2.45, 2.75) is 0 Å². The fourth-order valence-electron chi connectivity index (χ4n) is 1.70. The number of carbonyl (C=O) groups is 1. The number of methoxy groups -OCH3 is 1. The number of benzene rings is 2. The van der Waals surface area contributed by atoms with Gasteiger partial charge in [0, 0.05) is 10.5 Å². The summed E-state index contributed by atoms with van der Waals surface area (Å²) in [7, 11) is 1.39. The molecule has 7 heteroatoms. The van der Waals surface area contributed by atoms with E-state index in [0.29, 0.717) is 11.3 Å². The average molecular weight is 397 g/mol. The van der Waals surface area contributed by atoms with Crippen LogP contribution in [-0.4, -0.2) is 19.7 Å². The van der Waals surface area contributed by atoms with Crippen LogP contribution in [0.3, 0.4) is 0 Å². The van der Waals surface area contributed by atoms with Gasteiger partial charge in [-0.15, -0.1) is 0 Å². The molecule has 0 N–H and O–H groups in total. The molecule has 2 rings (SSSR count). The molecule has 2 aromatic carbocycles. The maximum absolute atomic E-state index is 11.9. The Bertz CT molecular complexity index is 756. The number of ether oxygens (including phenoxy) is 3. The first-order chi connectivity index (χ1) is 11.0. The van der Waals surface area contributed by atoms with Crippen LogP contribution >= 0.6 is 27.5 Å². The molecule has 0 saturated carbocycles. The lowest BCUT2D eigenvalue weighted by Crippen LogP contribution is -2.18. The van der Waals surface area contributed by atoms with Crippen molar-refractivity contribution in [1.29, 1.82) is 5.26 Å². The second-order valence-electron chi connectivity index (χ2n) is 4.32. The van der Waals surface area contributed by atoms with Crippen LogP contribution in [0.25, 0.3) is 0 Å². The van der Waals surface area contributed by atoms with E-state index < -0.39 is 5.97 Å². The number of nitrogens with zero attached hydrogens (tertiary/aromatic N) is 1. The quantitative estimate of drug-likeness (QED) is 0.565. The summed E-state index contributed by atoms with van der Waals surface area (Å²) in [6.07, 6.45) is 0. The minimum Gasteiger partial charge on any atom is -0.493 e. The zero-order chi connectivity index (χ0) is 16.8. The predicted molar refractivity (Wildman–Crippen MR) is 88.0 cm³/mol. The molecular formula is C16H11BrClNO4. The number of hydrogen-bond acceptors (Lipinski definition) is 5. The van der Waals surface area contributed by atoms with Gasteiger partial charge >= 0.3 is 5.97 Å². The molecule has 0 radical (unpaired) electrons. The molecule has 0 amide bonds. The molecule has 0 aliphatic carbocycles. The van der Waals surface area contributed by atoms with Crippen LogP contribution in [0.5, 0.6) is 17.2 Å². The van der Waals surface area contributed by atoms with E-state index >= 15 is 0 Å². The molecule has 0 bridgehead atoms. The second kappa shape index (κ2) is 7.86. The van der Waals surface area contributed by atoms with Crippen molar-refractivity contribution in [3.63, 3.8) is 0 Å². The Morgan fingerprint density at radius 1 is 1.30 bits per heavy atom. The normalized spacial score (nSPS) is 9.83. The third-order valence-electron chi connectivity index (χ3n) is 2.74. The smallest absolute Gasteiger partial charge is 0.349 e. The van der Waals surface area contributed by atoms with Crippen molar-refractivity contribution in [2.75, 3.05) is 13.7 Å². The van der Waals surface area contributed by atoms with Crippen molar-refractivity contribution in [3.05, 3.63) is 51.5 Å². The van der Waals surface area contributed by atoms with Gasteiger partial charge < -0.3 is 14.2 Å². The number of hydrogen-bond donors (Lipinski definition) is 0. The van der Waals surface area contributed by atoms with Crippen LogP contribution in [0.1, 0.15) is 5.56 Å². The summed E-state index contributed by atoms with van der Waals surface area (Å²) in [6, 6.07) is 11.8. The van der Waals surface area contributed by atoms with Gasteiger partial charge in [-0.25, -0.2) is 4.79 Å². The lowest BCUT2D eigenvalue weighted by Gasteiger charge is -2.12. The maximum atomic E-state index is 11.9. The monoisotopic (exact) mass is 395 g/mol. The van der Waals surface area contributed by atoms with E-state index in [1.54, 1.807) is 24.3 Å². The molecule has 0 unspecified atom stereocenters. The molecule has 5 nitrogen and oxygen atoms in total. The number of esters is 1. The first-order valence-electron chi connectivity index (χ1n) is 6.40. The maximum Gasteiger partial charge on any atom is 0.349 e. The van der Waals surface area contributed by atoms with E-state index in [4.69, 9.17) is 31.1 Å². The first kappa shape index (κ1) is 17.1. The Balaban J connectivity index is 2.05. The van der Waals surface area contributed by atoms with Gasteiger partial charge in [0.25, 0.3) is 0 Å². The molecule has 0 aliphatic heterocycles. The summed E-state index contributed by atoms with van der Waals surface area (Å²) in [5.41, 5.74) is 0.303. The molecule has 23 heavy (non-hydrogen) atoms. The van der Waals surface area contributed by atoms with Crippen LogP contribution in [0.4, 0.5) is 0 Å². The number of nitriles is 1. The number of carbonyl (C=O) groups excluding carboxylic acids is 1. The van der Waals surface area contributed by atoms with Gasteiger partial charge in [-0.05, 0) is 30.3 Å². The molecule has 0 fully saturated rings. The van der Waals surface area contributed by atoms with E-state index in [1.807, 2.05) is 6.07 Å².